The Morgan fingerprint density at radius 1 is 1.22 bits per heavy atom. The van der Waals surface area contributed by atoms with Gasteiger partial charge in [-0.15, -0.1) is 0 Å². The van der Waals surface area contributed by atoms with Gasteiger partial charge in [-0.25, -0.2) is 0 Å². The highest BCUT2D eigenvalue weighted by molar-refractivity contribution is 14.1. The molecule has 4 N–H and O–H groups in total. The van der Waals surface area contributed by atoms with Gasteiger partial charge in [-0.05, 0) is 49.0 Å². The van der Waals surface area contributed by atoms with Crippen molar-refractivity contribution in [3.63, 3.8) is 0 Å². The van der Waals surface area contributed by atoms with Crippen molar-refractivity contribution in [2.24, 2.45) is 0 Å². The molecule has 2 aromatic carbocycles. The number of benzene rings is 2. The molecular weight excluding hydrogens is 403 g/mol. The maximum absolute atomic E-state index is 12.5. The minimum atomic E-state index is 0.0159. The van der Waals surface area contributed by atoms with Crippen LogP contribution in [0.15, 0.2) is 48.7 Å². The van der Waals surface area contributed by atoms with Gasteiger partial charge < -0.3 is 15.6 Å². The first-order chi connectivity index (χ1) is 11.1. The summed E-state index contributed by atoms with van der Waals surface area (Å²) >= 11 is 2.04. The Hall–Kier alpha value is -2.06. The number of aromatic nitrogens is 1. The van der Waals surface area contributed by atoms with E-state index in [0.29, 0.717) is 17.8 Å². The lowest BCUT2D eigenvalue weighted by molar-refractivity contribution is 0.0996. The zero-order valence-corrected chi connectivity index (χ0v) is 14.8. The van der Waals surface area contributed by atoms with Crippen LogP contribution in [0.25, 0.3) is 10.9 Å². The SMILES string of the molecule is CNI.Nc1ccc2c(c1)C(=O)N(c1ccc3[nH]ccc3c1)C2. The van der Waals surface area contributed by atoms with Crippen LogP contribution in [0.1, 0.15) is 15.9 Å². The molecule has 0 bridgehead atoms. The predicted molar refractivity (Wildman–Crippen MR) is 103 cm³/mol. The monoisotopic (exact) mass is 420 g/mol. The van der Waals surface area contributed by atoms with Gasteiger partial charge in [0.2, 0.25) is 0 Å². The molecule has 1 aliphatic heterocycles. The first-order valence-corrected chi connectivity index (χ1v) is 8.26. The summed E-state index contributed by atoms with van der Waals surface area (Å²) in [5.41, 5.74) is 10.1. The van der Waals surface area contributed by atoms with E-state index in [1.807, 2.05) is 72.5 Å². The molecule has 0 saturated heterocycles. The summed E-state index contributed by atoms with van der Waals surface area (Å²) in [6, 6.07) is 13.5. The van der Waals surface area contributed by atoms with Gasteiger partial charge in [0.25, 0.3) is 5.91 Å². The lowest BCUT2D eigenvalue weighted by Gasteiger charge is -2.15. The van der Waals surface area contributed by atoms with Gasteiger partial charge in [-0.2, -0.15) is 0 Å². The molecule has 0 spiro atoms. The Kier molecular flexibility index (Phi) is 4.53. The molecule has 118 valence electrons. The maximum atomic E-state index is 12.5. The van der Waals surface area contributed by atoms with Crippen molar-refractivity contribution in [2.75, 3.05) is 17.7 Å². The van der Waals surface area contributed by atoms with Gasteiger partial charge in [-0.3, -0.25) is 8.32 Å². The fourth-order valence-electron chi connectivity index (χ4n) is 2.74. The molecule has 0 radical (unpaired) electrons. The molecular formula is C17H17IN4O. The zero-order valence-electron chi connectivity index (χ0n) is 12.6. The number of H-pyrrole nitrogens is 1. The normalized spacial score (nSPS) is 13.0. The van der Waals surface area contributed by atoms with Crippen LogP contribution in [0, 0.1) is 0 Å². The Labute approximate surface area is 148 Å². The number of nitrogens with one attached hydrogen (secondary N) is 2. The van der Waals surface area contributed by atoms with E-state index >= 15 is 0 Å². The molecule has 0 saturated carbocycles. The zero-order chi connectivity index (χ0) is 16.4. The summed E-state index contributed by atoms with van der Waals surface area (Å²) in [6.07, 6.45) is 1.90. The molecule has 4 rings (SSSR count). The summed E-state index contributed by atoms with van der Waals surface area (Å²) < 4.78 is 2.72. The molecule has 1 aliphatic rings. The third-order valence-corrected chi connectivity index (χ3v) is 3.79. The van der Waals surface area contributed by atoms with E-state index < -0.39 is 0 Å². The molecule has 2 heterocycles. The van der Waals surface area contributed by atoms with Crippen molar-refractivity contribution >= 4 is 51.0 Å². The molecule has 1 aromatic heterocycles. The predicted octanol–water partition coefficient (Wildman–Crippen LogP) is 3.47. The number of nitrogen functional groups attached to an aromatic ring is 1. The van der Waals surface area contributed by atoms with Crippen molar-refractivity contribution in [3.05, 3.63) is 59.8 Å². The number of aromatic amines is 1. The van der Waals surface area contributed by atoms with Gasteiger partial charge in [0.1, 0.15) is 0 Å². The van der Waals surface area contributed by atoms with Gasteiger partial charge in [0.15, 0.2) is 0 Å². The lowest BCUT2D eigenvalue weighted by Crippen LogP contribution is -2.22. The Balaban J connectivity index is 0.000000485. The second-order valence-electron chi connectivity index (χ2n) is 5.25. The second kappa shape index (κ2) is 6.59. The number of amides is 1. The quantitative estimate of drug-likeness (QED) is 0.321. The highest BCUT2D eigenvalue weighted by Crippen LogP contribution is 2.31. The first kappa shape index (κ1) is 15.8. The van der Waals surface area contributed by atoms with Gasteiger partial charge in [0, 0.05) is 56.9 Å². The van der Waals surface area contributed by atoms with Crippen LogP contribution >= 0.6 is 22.9 Å². The highest BCUT2D eigenvalue weighted by Gasteiger charge is 2.28. The van der Waals surface area contributed by atoms with Crippen molar-refractivity contribution in [3.8, 4) is 0 Å². The van der Waals surface area contributed by atoms with E-state index in [1.165, 1.54) is 0 Å². The van der Waals surface area contributed by atoms with Crippen molar-refractivity contribution in [2.45, 2.75) is 6.54 Å². The number of nitrogens with zero attached hydrogens (tertiary/aromatic N) is 1. The number of nitrogens with two attached hydrogens (primary N) is 1. The summed E-state index contributed by atoms with van der Waals surface area (Å²) in [6.45, 7) is 0.602. The fourth-order valence-corrected chi connectivity index (χ4v) is 2.74. The lowest BCUT2D eigenvalue weighted by atomic mass is 10.1. The number of carbonyl (C=O) groups is 1. The number of anilines is 2. The Morgan fingerprint density at radius 2 is 2.00 bits per heavy atom. The molecule has 0 aliphatic carbocycles. The largest absolute Gasteiger partial charge is 0.399 e. The Bertz CT molecular complexity index is 859. The third kappa shape index (κ3) is 3.04. The number of hydrogen-bond donors (Lipinski definition) is 3. The van der Waals surface area contributed by atoms with Gasteiger partial charge >= 0.3 is 0 Å². The molecule has 5 nitrogen and oxygen atoms in total. The molecule has 3 aromatic rings. The number of fused-ring (bicyclic) bond motifs is 2. The first-order valence-electron chi connectivity index (χ1n) is 7.19. The molecule has 0 atom stereocenters. The van der Waals surface area contributed by atoms with Crippen LogP contribution in [0.4, 0.5) is 11.4 Å². The number of hydrogen-bond acceptors (Lipinski definition) is 3. The van der Waals surface area contributed by atoms with E-state index in [2.05, 4.69) is 8.51 Å². The van der Waals surface area contributed by atoms with Crippen LogP contribution in [0.2, 0.25) is 0 Å². The smallest absolute Gasteiger partial charge is 0.259 e. The standard InChI is InChI=1S/C16H13N3O.CH4IN/c17-12-2-1-11-9-19(16(20)14(11)8-12)13-3-4-15-10(7-13)5-6-18-15;1-3-2/h1-8,18H,9,17H2;3H,1H3. The van der Waals surface area contributed by atoms with Crippen molar-refractivity contribution in [1.82, 2.24) is 8.51 Å². The summed E-state index contributed by atoms with van der Waals surface area (Å²) in [5.74, 6) is 0.0159. The number of rotatable bonds is 1. The van der Waals surface area contributed by atoms with E-state index in [1.54, 1.807) is 11.0 Å². The van der Waals surface area contributed by atoms with E-state index in [4.69, 9.17) is 5.73 Å². The highest BCUT2D eigenvalue weighted by atomic mass is 127. The van der Waals surface area contributed by atoms with Crippen molar-refractivity contribution < 1.29 is 4.79 Å². The summed E-state index contributed by atoms with van der Waals surface area (Å²) in [7, 11) is 1.86. The summed E-state index contributed by atoms with van der Waals surface area (Å²) in [4.78, 5) is 17.4. The topological polar surface area (TPSA) is 74.2 Å². The average Bonchev–Trinajstić information content (AvgIpc) is 3.12. The van der Waals surface area contributed by atoms with Crippen LogP contribution in [-0.4, -0.2) is 17.9 Å². The number of carbonyl (C=O) groups excluding carboxylic acids is 1. The maximum Gasteiger partial charge on any atom is 0.259 e. The van der Waals surface area contributed by atoms with Crippen LogP contribution in [-0.2, 0) is 6.54 Å². The van der Waals surface area contributed by atoms with Gasteiger partial charge in [-0.1, -0.05) is 6.07 Å². The van der Waals surface area contributed by atoms with E-state index in [0.717, 1.165) is 22.2 Å². The van der Waals surface area contributed by atoms with Crippen LogP contribution in [0.5, 0.6) is 0 Å². The molecule has 6 heteroatoms. The fraction of sp³-hybridized carbons (Fsp3) is 0.118. The van der Waals surface area contributed by atoms with Gasteiger partial charge in [0.05, 0.1) is 6.54 Å². The van der Waals surface area contributed by atoms with E-state index in [9.17, 15) is 4.79 Å². The molecule has 0 unspecified atom stereocenters. The van der Waals surface area contributed by atoms with E-state index in [-0.39, 0.29) is 5.91 Å². The average molecular weight is 420 g/mol. The minimum absolute atomic E-state index is 0.0159. The molecule has 0 fully saturated rings. The third-order valence-electron chi connectivity index (χ3n) is 3.79. The number of halogens is 1. The minimum Gasteiger partial charge on any atom is -0.399 e. The molecule has 23 heavy (non-hydrogen) atoms. The van der Waals surface area contributed by atoms with Crippen molar-refractivity contribution in [1.29, 1.82) is 0 Å². The molecule has 1 amide bonds. The Morgan fingerprint density at radius 3 is 2.78 bits per heavy atom. The second-order valence-corrected chi connectivity index (χ2v) is 6.32. The van der Waals surface area contributed by atoms with Crippen LogP contribution < -0.4 is 14.2 Å². The van der Waals surface area contributed by atoms with Crippen LogP contribution in [0.3, 0.4) is 0 Å². The summed E-state index contributed by atoms with van der Waals surface area (Å²) in [5, 5.41) is 1.10.